The zero-order chi connectivity index (χ0) is 40.7. The van der Waals surface area contributed by atoms with Gasteiger partial charge in [0.2, 0.25) is 0 Å². The third-order valence-corrected chi connectivity index (χ3v) is 9.09. The fraction of sp³-hybridized carbons (Fsp3) is 0.681. The highest BCUT2D eigenvalue weighted by atomic mass is 16.6. The summed E-state index contributed by atoms with van der Waals surface area (Å²) in [5.41, 5.74) is 0. The van der Waals surface area contributed by atoms with Crippen LogP contribution in [0.5, 0.6) is 0 Å². The van der Waals surface area contributed by atoms with Crippen LogP contribution >= 0.6 is 0 Å². The molecule has 0 N–H and O–H groups in total. The van der Waals surface area contributed by atoms with Gasteiger partial charge in [-0.3, -0.25) is 9.59 Å². The normalized spacial score (nSPS) is 13.7. The van der Waals surface area contributed by atoms with Crippen molar-refractivity contribution in [1.29, 1.82) is 0 Å². The van der Waals surface area contributed by atoms with Gasteiger partial charge in [-0.25, -0.2) is 0 Å². The monoisotopic (exact) mass is 770 g/mol. The first-order valence-electron chi connectivity index (χ1n) is 21.5. The number of rotatable bonds is 37. The molecule has 55 heavy (non-hydrogen) atoms. The Bertz CT molecular complexity index is 1130. The Hall–Kier alpha value is -3.23. The summed E-state index contributed by atoms with van der Waals surface area (Å²) in [6.07, 6.45) is 46.5. The summed E-state index contributed by atoms with van der Waals surface area (Å²) in [6.45, 7) is 4.43. The molecule has 0 fully saturated rings. The van der Waals surface area contributed by atoms with Gasteiger partial charge in [-0.05, 0) is 70.6 Å². The third-order valence-electron chi connectivity index (χ3n) is 9.09. The number of ether oxygens (including phenoxy) is 3. The number of allylic oxidation sites excluding steroid dienone is 12. The minimum absolute atomic E-state index is 0.00630. The molecule has 0 spiro atoms. The number of carboxylic acid groups (broad SMARTS) is 1. The van der Waals surface area contributed by atoms with E-state index in [9.17, 15) is 19.5 Å². The van der Waals surface area contributed by atoms with Crippen molar-refractivity contribution in [2.24, 2.45) is 0 Å². The second kappa shape index (κ2) is 37.7. The number of esters is 2. The molecule has 0 rings (SSSR count). The van der Waals surface area contributed by atoms with Gasteiger partial charge in [-0.2, -0.15) is 0 Å². The molecule has 0 heterocycles. The number of likely N-dealkylation sites (N-methyl/N-ethyl adjacent to an activating group) is 1. The van der Waals surface area contributed by atoms with Crippen molar-refractivity contribution in [2.45, 2.75) is 167 Å². The van der Waals surface area contributed by atoms with Crippen LogP contribution in [-0.4, -0.2) is 75.5 Å². The first kappa shape index (κ1) is 51.8. The quantitative estimate of drug-likeness (QED) is 0.0268. The largest absolute Gasteiger partial charge is 0.544 e. The molecule has 314 valence electrons. The topological polar surface area (TPSA) is 102 Å². The molecule has 0 saturated carbocycles. The van der Waals surface area contributed by atoms with Gasteiger partial charge in [0.05, 0.1) is 40.3 Å². The van der Waals surface area contributed by atoms with Gasteiger partial charge in [0.1, 0.15) is 12.6 Å². The van der Waals surface area contributed by atoms with Gasteiger partial charge in [0.15, 0.2) is 6.10 Å². The maximum Gasteiger partial charge on any atom is 0.306 e. The van der Waals surface area contributed by atoms with Gasteiger partial charge in [0.25, 0.3) is 0 Å². The Morgan fingerprint density at radius 1 is 0.564 bits per heavy atom. The number of hydrogen-bond donors (Lipinski definition) is 0. The summed E-state index contributed by atoms with van der Waals surface area (Å²) in [6, 6.07) is -0.741. The molecular formula is C47H79NO7. The molecule has 0 aliphatic rings. The van der Waals surface area contributed by atoms with Crippen LogP contribution in [0.4, 0.5) is 0 Å². The van der Waals surface area contributed by atoms with Gasteiger partial charge in [0, 0.05) is 19.3 Å². The van der Waals surface area contributed by atoms with E-state index in [1.807, 2.05) is 12.2 Å². The highest BCUT2D eigenvalue weighted by Crippen LogP contribution is 2.12. The average Bonchev–Trinajstić information content (AvgIpc) is 3.14. The zero-order valence-electron chi connectivity index (χ0n) is 35.6. The number of hydrogen-bond acceptors (Lipinski definition) is 7. The van der Waals surface area contributed by atoms with E-state index in [1.54, 1.807) is 21.1 Å². The van der Waals surface area contributed by atoms with E-state index in [1.165, 1.54) is 64.2 Å². The minimum Gasteiger partial charge on any atom is -0.544 e. The molecule has 2 atom stereocenters. The number of carbonyl (C=O) groups excluding carboxylic acids is 3. The van der Waals surface area contributed by atoms with Gasteiger partial charge >= 0.3 is 11.9 Å². The van der Waals surface area contributed by atoms with Crippen LogP contribution in [0.2, 0.25) is 0 Å². The molecule has 8 heteroatoms. The van der Waals surface area contributed by atoms with Crippen LogP contribution in [0.3, 0.4) is 0 Å². The second-order valence-electron chi connectivity index (χ2n) is 15.2. The molecule has 8 nitrogen and oxygen atoms in total. The number of unbranched alkanes of at least 4 members (excludes halogenated alkanes) is 11. The first-order valence-corrected chi connectivity index (χ1v) is 21.5. The summed E-state index contributed by atoms with van der Waals surface area (Å²) in [4.78, 5) is 36.8. The molecular weight excluding hydrogens is 691 g/mol. The van der Waals surface area contributed by atoms with Crippen LogP contribution in [-0.2, 0) is 28.6 Å². The van der Waals surface area contributed by atoms with Gasteiger partial charge in [-0.1, -0.05) is 138 Å². The summed E-state index contributed by atoms with van der Waals surface area (Å²) < 4.78 is 17.1. The molecule has 0 aromatic heterocycles. The highest BCUT2D eigenvalue weighted by Gasteiger charge is 2.25. The highest BCUT2D eigenvalue weighted by molar-refractivity contribution is 5.70. The molecule has 0 amide bonds. The fourth-order valence-corrected chi connectivity index (χ4v) is 5.76. The van der Waals surface area contributed by atoms with E-state index in [2.05, 4.69) is 74.6 Å². The Morgan fingerprint density at radius 2 is 1.05 bits per heavy atom. The van der Waals surface area contributed by atoms with E-state index >= 15 is 0 Å². The lowest BCUT2D eigenvalue weighted by Gasteiger charge is -2.34. The van der Waals surface area contributed by atoms with Crippen molar-refractivity contribution in [3.63, 3.8) is 0 Å². The summed E-state index contributed by atoms with van der Waals surface area (Å²) >= 11 is 0. The van der Waals surface area contributed by atoms with Crippen molar-refractivity contribution >= 4 is 17.9 Å². The third kappa shape index (κ3) is 36.2. The molecule has 0 bridgehead atoms. The van der Waals surface area contributed by atoms with Crippen molar-refractivity contribution < 1.29 is 38.2 Å². The summed E-state index contributed by atoms with van der Waals surface area (Å²) in [7, 11) is 5.37. The zero-order valence-corrected chi connectivity index (χ0v) is 35.6. The lowest BCUT2D eigenvalue weighted by atomic mass is 10.1. The average molecular weight is 770 g/mol. The van der Waals surface area contributed by atoms with E-state index in [0.717, 1.165) is 51.4 Å². The lowest BCUT2D eigenvalue weighted by Crippen LogP contribution is -2.55. The van der Waals surface area contributed by atoms with Crippen LogP contribution in [0.25, 0.3) is 0 Å². The number of carbonyl (C=O) groups is 3. The molecule has 0 aromatic rings. The predicted molar refractivity (Wildman–Crippen MR) is 226 cm³/mol. The molecule has 0 aliphatic carbocycles. The van der Waals surface area contributed by atoms with Crippen LogP contribution in [0, 0.1) is 0 Å². The van der Waals surface area contributed by atoms with Crippen molar-refractivity contribution in [3.8, 4) is 0 Å². The molecule has 0 aromatic carbocycles. The Kier molecular flexibility index (Phi) is 35.5. The number of nitrogens with zero attached hydrogens (tertiary/aromatic N) is 1. The Labute approximate surface area is 336 Å². The van der Waals surface area contributed by atoms with Crippen molar-refractivity contribution in [2.75, 3.05) is 41.0 Å². The van der Waals surface area contributed by atoms with E-state index < -0.39 is 24.1 Å². The minimum atomic E-state index is -1.14. The van der Waals surface area contributed by atoms with Crippen molar-refractivity contribution in [3.05, 3.63) is 72.9 Å². The van der Waals surface area contributed by atoms with Crippen LogP contribution in [0.15, 0.2) is 72.9 Å². The van der Waals surface area contributed by atoms with Gasteiger partial charge in [-0.15, -0.1) is 0 Å². The second-order valence-corrected chi connectivity index (χ2v) is 15.2. The SMILES string of the molecule is CC/C=C/C/C=C/C/C=C/C/C=C/C/C=C/CCC(=O)OC(COCCC(C(=O)[O-])[N+](C)(C)C)COC(=O)CCCCCCCCC/C=C/CCCCCC. The van der Waals surface area contributed by atoms with Gasteiger partial charge < -0.3 is 28.6 Å². The number of quaternary nitrogens is 1. The van der Waals surface area contributed by atoms with Crippen LogP contribution in [0.1, 0.15) is 155 Å². The van der Waals surface area contributed by atoms with Crippen molar-refractivity contribution in [1.82, 2.24) is 0 Å². The molecule has 0 radical (unpaired) electrons. The van der Waals surface area contributed by atoms with E-state index in [4.69, 9.17) is 14.2 Å². The summed E-state index contributed by atoms with van der Waals surface area (Å²) in [5, 5.41) is 11.6. The van der Waals surface area contributed by atoms with Crippen LogP contribution < -0.4 is 5.11 Å². The predicted octanol–water partition coefficient (Wildman–Crippen LogP) is 10.2. The Balaban J connectivity index is 4.50. The maximum absolute atomic E-state index is 12.7. The smallest absolute Gasteiger partial charge is 0.306 e. The number of aliphatic carboxylic acids is 1. The van der Waals surface area contributed by atoms with E-state index in [-0.39, 0.29) is 43.1 Å². The standard InChI is InChI=1S/C47H79NO7/c1-6-8-10-12-14-16-18-20-22-24-26-28-30-32-34-36-38-46(50)55-43(41-53-40-39-44(47(51)52)48(3,4)5)42-54-45(49)37-35-33-31-29-27-25-23-21-19-17-15-13-11-9-7-2/h8,10,14,16-17,19-20,22,26,28,32,34,43-44H,6-7,9,11-13,15,18,21,23-25,27,29-31,33,35-42H2,1-5H3/b10-8+,16-14+,19-17+,22-20+,28-26+,34-32+. The molecule has 0 saturated heterocycles. The number of carboxylic acids is 1. The lowest BCUT2D eigenvalue weighted by molar-refractivity contribution is -0.889. The fourth-order valence-electron chi connectivity index (χ4n) is 5.76. The molecule has 2 unspecified atom stereocenters. The first-order chi connectivity index (χ1) is 26.6. The Morgan fingerprint density at radius 3 is 1.58 bits per heavy atom. The summed E-state index contributed by atoms with van der Waals surface area (Å²) in [5.74, 6) is -1.86. The van der Waals surface area contributed by atoms with E-state index in [0.29, 0.717) is 12.8 Å². The molecule has 0 aliphatic heterocycles. The maximum atomic E-state index is 12.7.